The molecule has 0 amide bonds. The quantitative estimate of drug-likeness (QED) is 0.769. The monoisotopic (exact) mass is 318 g/mol. The first kappa shape index (κ1) is 18.4. The Morgan fingerprint density at radius 2 is 1.87 bits per heavy atom. The van der Waals surface area contributed by atoms with Crippen molar-refractivity contribution >= 4 is 0 Å². The molecule has 0 saturated carbocycles. The smallest absolute Gasteiger partial charge is 0.0591 e. The lowest BCUT2D eigenvalue weighted by atomic mass is 9.98. The van der Waals surface area contributed by atoms with Crippen LogP contribution in [0.4, 0.5) is 0 Å². The molecule has 1 fully saturated rings. The third kappa shape index (κ3) is 7.47. The Hall–Kier alpha value is -0.900. The predicted octanol–water partition coefficient (Wildman–Crippen LogP) is 3.57. The fraction of sp³-hybridized carbons (Fsp3) is 0.700. The summed E-state index contributed by atoms with van der Waals surface area (Å²) in [5, 5.41) is 13.6. The zero-order valence-corrected chi connectivity index (χ0v) is 15.1. The Kier molecular flexibility index (Phi) is 7.07. The van der Waals surface area contributed by atoms with E-state index in [9.17, 15) is 5.11 Å². The molecule has 1 heterocycles. The summed E-state index contributed by atoms with van der Waals surface area (Å²) < 4.78 is 0. The lowest BCUT2D eigenvalue weighted by Gasteiger charge is -2.34. The van der Waals surface area contributed by atoms with Crippen molar-refractivity contribution in [1.82, 2.24) is 10.2 Å². The zero-order chi connectivity index (χ0) is 16.7. The van der Waals surface area contributed by atoms with E-state index in [2.05, 4.69) is 47.5 Å². The summed E-state index contributed by atoms with van der Waals surface area (Å²) in [6.45, 7) is 9.52. The summed E-state index contributed by atoms with van der Waals surface area (Å²) >= 11 is 0. The molecule has 0 aliphatic carbocycles. The molecular weight excluding hydrogens is 284 g/mol. The van der Waals surface area contributed by atoms with Gasteiger partial charge in [0.05, 0.1) is 5.60 Å². The van der Waals surface area contributed by atoms with E-state index < -0.39 is 5.60 Å². The molecule has 23 heavy (non-hydrogen) atoms. The summed E-state index contributed by atoms with van der Waals surface area (Å²) in [5.41, 5.74) is 0.890. The van der Waals surface area contributed by atoms with E-state index in [1.165, 1.54) is 31.5 Å². The lowest BCUT2D eigenvalue weighted by molar-refractivity contribution is 0.0672. The van der Waals surface area contributed by atoms with Gasteiger partial charge >= 0.3 is 0 Å². The topological polar surface area (TPSA) is 35.5 Å². The largest absolute Gasteiger partial charge is 0.390 e. The Morgan fingerprint density at radius 1 is 1.22 bits per heavy atom. The van der Waals surface area contributed by atoms with Gasteiger partial charge in [0.15, 0.2) is 0 Å². The minimum absolute atomic E-state index is 0.525. The van der Waals surface area contributed by atoms with Gasteiger partial charge in [-0.25, -0.2) is 0 Å². The van der Waals surface area contributed by atoms with Gasteiger partial charge in [-0.1, -0.05) is 30.3 Å². The van der Waals surface area contributed by atoms with Crippen molar-refractivity contribution < 1.29 is 5.11 Å². The van der Waals surface area contributed by atoms with Crippen LogP contribution in [-0.2, 0) is 6.54 Å². The molecule has 0 radical (unpaired) electrons. The highest BCUT2D eigenvalue weighted by Gasteiger charge is 2.20. The van der Waals surface area contributed by atoms with E-state index in [-0.39, 0.29) is 0 Å². The van der Waals surface area contributed by atoms with E-state index >= 15 is 0 Å². The highest BCUT2D eigenvalue weighted by atomic mass is 16.3. The molecule has 1 aliphatic heterocycles. The van der Waals surface area contributed by atoms with Crippen LogP contribution < -0.4 is 5.32 Å². The van der Waals surface area contributed by atoms with Crippen LogP contribution in [0.3, 0.4) is 0 Å². The number of rotatable bonds is 8. The first-order valence-electron chi connectivity index (χ1n) is 9.17. The van der Waals surface area contributed by atoms with E-state index in [0.717, 1.165) is 25.8 Å². The van der Waals surface area contributed by atoms with Gasteiger partial charge < -0.3 is 10.4 Å². The fourth-order valence-corrected chi connectivity index (χ4v) is 3.43. The average molecular weight is 319 g/mol. The molecule has 1 atom stereocenters. The number of nitrogens with one attached hydrogen (secondary N) is 1. The maximum atomic E-state index is 9.78. The van der Waals surface area contributed by atoms with Crippen LogP contribution in [0.5, 0.6) is 0 Å². The van der Waals surface area contributed by atoms with Gasteiger partial charge in [0.25, 0.3) is 0 Å². The van der Waals surface area contributed by atoms with Crippen molar-refractivity contribution in [3.8, 4) is 0 Å². The molecule has 1 aromatic carbocycles. The number of piperidine rings is 1. The molecule has 0 spiro atoms. The Balaban J connectivity index is 1.62. The van der Waals surface area contributed by atoms with Crippen molar-refractivity contribution in [2.45, 2.75) is 77.1 Å². The summed E-state index contributed by atoms with van der Waals surface area (Å²) in [7, 11) is 0. The summed E-state index contributed by atoms with van der Waals surface area (Å²) in [5.74, 6) is 0. The Bertz CT molecular complexity index is 433. The lowest BCUT2D eigenvalue weighted by Crippen LogP contribution is -2.45. The van der Waals surface area contributed by atoms with Gasteiger partial charge in [-0.05, 0) is 71.5 Å². The third-order valence-electron chi connectivity index (χ3n) is 4.78. The number of aliphatic hydroxyl groups is 1. The molecule has 1 aliphatic rings. The predicted molar refractivity (Wildman–Crippen MR) is 97.5 cm³/mol. The molecule has 1 aromatic rings. The van der Waals surface area contributed by atoms with Crippen LogP contribution in [-0.4, -0.2) is 40.8 Å². The van der Waals surface area contributed by atoms with Crippen molar-refractivity contribution in [2.75, 3.05) is 13.1 Å². The summed E-state index contributed by atoms with van der Waals surface area (Å²) in [4.78, 5) is 2.56. The molecular formula is C20H34N2O. The van der Waals surface area contributed by atoms with E-state index in [1.807, 2.05) is 13.8 Å². The number of hydrogen-bond acceptors (Lipinski definition) is 3. The van der Waals surface area contributed by atoms with Crippen LogP contribution in [0.2, 0.25) is 0 Å². The second kappa shape index (κ2) is 8.81. The van der Waals surface area contributed by atoms with E-state index in [0.29, 0.717) is 12.1 Å². The second-order valence-electron chi connectivity index (χ2n) is 7.81. The highest BCUT2D eigenvalue weighted by molar-refractivity contribution is 5.14. The van der Waals surface area contributed by atoms with Gasteiger partial charge in [-0.15, -0.1) is 0 Å². The minimum atomic E-state index is -0.525. The van der Waals surface area contributed by atoms with Gasteiger partial charge in [0.2, 0.25) is 0 Å². The molecule has 2 rings (SSSR count). The Labute approximate surface area is 142 Å². The summed E-state index contributed by atoms with van der Waals surface area (Å²) in [6.07, 6.45) is 5.60. The summed E-state index contributed by atoms with van der Waals surface area (Å²) in [6, 6.07) is 12.0. The highest BCUT2D eigenvalue weighted by Crippen LogP contribution is 2.17. The van der Waals surface area contributed by atoms with Crippen LogP contribution in [0, 0.1) is 0 Å². The van der Waals surface area contributed by atoms with Crippen LogP contribution >= 0.6 is 0 Å². The number of hydrogen-bond donors (Lipinski definition) is 2. The van der Waals surface area contributed by atoms with Crippen LogP contribution in [0.25, 0.3) is 0 Å². The van der Waals surface area contributed by atoms with Crippen LogP contribution in [0.15, 0.2) is 30.3 Å². The van der Waals surface area contributed by atoms with Crippen molar-refractivity contribution in [2.24, 2.45) is 0 Å². The molecule has 130 valence electrons. The SMILES string of the molecule is CC(CCCC(C)(C)O)NC1CCN(Cc2ccccc2)CC1. The maximum Gasteiger partial charge on any atom is 0.0591 e. The Morgan fingerprint density at radius 3 is 2.48 bits per heavy atom. The molecule has 3 heteroatoms. The molecule has 1 saturated heterocycles. The molecule has 0 bridgehead atoms. The van der Waals surface area contributed by atoms with Gasteiger partial charge in [-0.2, -0.15) is 0 Å². The standard InChI is InChI=1S/C20H34N2O/c1-17(8-7-13-20(2,3)23)21-19-11-14-22(15-12-19)16-18-9-5-4-6-10-18/h4-6,9-10,17,19,21,23H,7-8,11-16H2,1-3H3. The zero-order valence-electron chi connectivity index (χ0n) is 15.1. The molecule has 0 aromatic heterocycles. The number of likely N-dealkylation sites (tertiary alicyclic amines) is 1. The van der Waals surface area contributed by atoms with Crippen molar-refractivity contribution in [3.05, 3.63) is 35.9 Å². The first-order valence-corrected chi connectivity index (χ1v) is 9.17. The maximum absolute atomic E-state index is 9.78. The number of benzene rings is 1. The third-order valence-corrected chi connectivity index (χ3v) is 4.78. The van der Waals surface area contributed by atoms with Gasteiger partial charge in [0.1, 0.15) is 0 Å². The second-order valence-corrected chi connectivity index (χ2v) is 7.81. The van der Waals surface area contributed by atoms with Crippen molar-refractivity contribution in [1.29, 1.82) is 0 Å². The van der Waals surface area contributed by atoms with E-state index in [4.69, 9.17) is 0 Å². The van der Waals surface area contributed by atoms with E-state index in [1.54, 1.807) is 0 Å². The van der Waals surface area contributed by atoms with Crippen LogP contribution in [0.1, 0.15) is 58.4 Å². The normalized spacial score (nSPS) is 19.0. The molecule has 2 N–H and O–H groups in total. The molecule has 1 unspecified atom stereocenters. The average Bonchev–Trinajstić information content (AvgIpc) is 2.49. The first-order chi connectivity index (χ1) is 10.9. The molecule has 3 nitrogen and oxygen atoms in total. The fourth-order valence-electron chi connectivity index (χ4n) is 3.43. The minimum Gasteiger partial charge on any atom is -0.390 e. The van der Waals surface area contributed by atoms with Gasteiger partial charge in [0, 0.05) is 18.6 Å². The van der Waals surface area contributed by atoms with Crippen molar-refractivity contribution in [3.63, 3.8) is 0 Å². The van der Waals surface area contributed by atoms with Gasteiger partial charge in [-0.3, -0.25) is 4.90 Å². The number of nitrogens with zero attached hydrogens (tertiary/aromatic N) is 1.